The van der Waals surface area contributed by atoms with Crippen LogP contribution in [0, 0.1) is 6.92 Å². The molecule has 0 aliphatic heterocycles. The van der Waals surface area contributed by atoms with Crippen LogP contribution in [-0.2, 0) is 22.6 Å². The number of carbonyl (C=O) groups excluding carboxylic acids is 1. The Hall–Kier alpha value is -1.58. The Morgan fingerprint density at radius 2 is 1.95 bits per heavy atom. The van der Waals surface area contributed by atoms with Gasteiger partial charge in [0.1, 0.15) is 11.8 Å². The molecular weight excluding hydrogens is 297 g/mol. The Bertz CT molecular complexity index is 629. The van der Waals surface area contributed by atoms with E-state index in [4.69, 9.17) is 27.9 Å². The first kappa shape index (κ1) is 14.8. The van der Waals surface area contributed by atoms with Gasteiger partial charge in [-0.25, -0.2) is 4.98 Å². The zero-order valence-electron chi connectivity index (χ0n) is 10.9. The lowest BCUT2D eigenvalue weighted by Crippen LogP contribution is -2.09. The molecule has 0 radical (unpaired) electrons. The van der Waals surface area contributed by atoms with Crippen molar-refractivity contribution in [1.82, 2.24) is 4.98 Å². The second kappa shape index (κ2) is 6.73. The molecule has 1 aromatic carbocycles. The van der Waals surface area contributed by atoms with Gasteiger partial charge in [-0.05, 0) is 30.2 Å². The van der Waals surface area contributed by atoms with Crippen molar-refractivity contribution in [2.75, 3.05) is 0 Å². The molecule has 0 aliphatic rings. The molecule has 0 atom stereocenters. The Balaban J connectivity index is 1.96. The van der Waals surface area contributed by atoms with Crippen LogP contribution in [0.1, 0.15) is 16.8 Å². The van der Waals surface area contributed by atoms with Gasteiger partial charge in [-0.3, -0.25) is 4.79 Å². The minimum Gasteiger partial charge on any atom is -0.459 e. The average Bonchev–Trinajstić information content (AvgIpc) is 2.42. The molecule has 0 spiro atoms. The quantitative estimate of drug-likeness (QED) is 0.633. The maximum absolute atomic E-state index is 11.8. The number of benzene rings is 1. The summed E-state index contributed by atoms with van der Waals surface area (Å²) in [5, 5.41) is 0.748. The summed E-state index contributed by atoms with van der Waals surface area (Å²) in [4.78, 5) is 15.8. The van der Waals surface area contributed by atoms with E-state index in [-0.39, 0.29) is 19.0 Å². The van der Waals surface area contributed by atoms with Gasteiger partial charge in [0.05, 0.1) is 17.1 Å². The predicted octanol–water partition coefficient (Wildman–Crippen LogP) is 3.98. The zero-order valence-corrected chi connectivity index (χ0v) is 12.4. The lowest BCUT2D eigenvalue weighted by Gasteiger charge is -2.07. The van der Waals surface area contributed by atoms with Crippen LogP contribution in [0.5, 0.6) is 0 Å². The van der Waals surface area contributed by atoms with E-state index in [1.54, 1.807) is 12.1 Å². The van der Waals surface area contributed by atoms with Crippen LogP contribution < -0.4 is 0 Å². The summed E-state index contributed by atoms with van der Waals surface area (Å²) in [6, 6.07) is 10.9. The van der Waals surface area contributed by atoms with Crippen molar-refractivity contribution in [3.8, 4) is 0 Å². The number of aromatic nitrogens is 1. The molecule has 0 bridgehead atoms. The normalized spacial score (nSPS) is 10.3. The van der Waals surface area contributed by atoms with Crippen molar-refractivity contribution < 1.29 is 9.53 Å². The third-order valence-corrected chi connectivity index (χ3v) is 3.41. The summed E-state index contributed by atoms with van der Waals surface area (Å²) in [5.41, 5.74) is 2.46. The fourth-order valence-electron chi connectivity index (χ4n) is 1.72. The molecule has 0 amide bonds. The van der Waals surface area contributed by atoms with E-state index in [2.05, 4.69) is 4.98 Å². The van der Waals surface area contributed by atoms with Gasteiger partial charge in [0.15, 0.2) is 0 Å². The smallest absolute Gasteiger partial charge is 0.310 e. The average molecular weight is 310 g/mol. The van der Waals surface area contributed by atoms with E-state index in [1.165, 1.54) is 0 Å². The van der Waals surface area contributed by atoms with E-state index in [0.29, 0.717) is 15.9 Å². The second-order valence-corrected chi connectivity index (χ2v) is 5.12. The molecule has 2 aromatic rings. The Kier molecular flexibility index (Phi) is 4.99. The molecule has 20 heavy (non-hydrogen) atoms. The number of nitrogens with zero attached hydrogens (tertiary/aromatic N) is 1. The van der Waals surface area contributed by atoms with Crippen LogP contribution in [0.3, 0.4) is 0 Å². The van der Waals surface area contributed by atoms with Gasteiger partial charge in [-0.2, -0.15) is 0 Å². The van der Waals surface area contributed by atoms with E-state index in [9.17, 15) is 4.79 Å². The topological polar surface area (TPSA) is 39.2 Å². The minimum atomic E-state index is -0.322. The molecule has 2 rings (SSSR count). The van der Waals surface area contributed by atoms with E-state index in [1.807, 2.05) is 31.2 Å². The Morgan fingerprint density at radius 3 is 2.70 bits per heavy atom. The molecule has 104 valence electrons. The number of carbonyl (C=O) groups is 1. The number of aryl methyl sites for hydroxylation is 1. The van der Waals surface area contributed by atoms with Crippen molar-refractivity contribution in [3.63, 3.8) is 0 Å². The summed E-state index contributed by atoms with van der Waals surface area (Å²) in [7, 11) is 0. The number of halogens is 2. The lowest BCUT2D eigenvalue weighted by atomic mass is 10.1. The third-order valence-electron chi connectivity index (χ3n) is 2.85. The van der Waals surface area contributed by atoms with Crippen LogP contribution in [0.15, 0.2) is 36.4 Å². The van der Waals surface area contributed by atoms with E-state index in [0.717, 1.165) is 11.1 Å². The van der Waals surface area contributed by atoms with Crippen molar-refractivity contribution in [2.45, 2.75) is 20.0 Å². The summed E-state index contributed by atoms with van der Waals surface area (Å²) in [5.74, 6) is -0.322. The zero-order chi connectivity index (χ0) is 14.5. The summed E-state index contributed by atoms with van der Waals surface area (Å²) in [6.45, 7) is 1.97. The van der Waals surface area contributed by atoms with Gasteiger partial charge >= 0.3 is 5.97 Å². The largest absolute Gasteiger partial charge is 0.459 e. The fraction of sp³-hybridized carbons (Fsp3) is 0.200. The first-order chi connectivity index (χ1) is 9.56. The van der Waals surface area contributed by atoms with Gasteiger partial charge < -0.3 is 4.74 Å². The second-order valence-electron chi connectivity index (χ2n) is 4.33. The van der Waals surface area contributed by atoms with Crippen molar-refractivity contribution in [3.05, 3.63) is 63.4 Å². The van der Waals surface area contributed by atoms with Crippen molar-refractivity contribution >= 4 is 29.2 Å². The first-order valence-corrected chi connectivity index (χ1v) is 6.83. The number of rotatable bonds is 4. The lowest BCUT2D eigenvalue weighted by molar-refractivity contribution is -0.144. The number of pyridine rings is 1. The van der Waals surface area contributed by atoms with Crippen LogP contribution >= 0.6 is 23.2 Å². The van der Waals surface area contributed by atoms with Gasteiger partial charge in [0.25, 0.3) is 0 Å². The molecule has 0 saturated carbocycles. The Morgan fingerprint density at radius 1 is 1.20 bits per heavy atom. The highest BCUT2D eigenvalue weighted by atomic mass is 35.5. The minimum absolute atomic E-state index is 0.0180. The Labute approximate surface area is 127 Å². The fourth-order valence-corrected chi connectivity index (χ4v) is 2.05. The van der Waals surface area contributed by atoms with Crippen LogP contribution in [0.4, 0.5) is 0 Å². The highest BCUT2D eigenvalue weighted by Gasteiger charge is 2.10. The van der Waals surface area contributed by atoms with E-state index < -0.39 is 0 Å². The molecule has 3 nitrogen and oxygen atoms in total. The predicted molar refractivity (Wildman–Crippen MR) is 78.9 cm³/mol. The first-order valence-electron chi connectivity index (χ1n) is 6.07. The van der Waals surface area contributed by atoms with Gasteiger partial charge in [-0.15, -0.1) is 0 Å². The van der Waals surface area contributed by atoms with Crippen LogP contribution in [-0.4, -0.2) is 11.0 Å². The maximum Gasteiger partial charge on any atom is 0.310 e. The molecule has 0 aliphatic carbocycles. The maximum atomic E-state index is 11.8. The molecule has 5 heteroatoms. The molecule has 0 fully saturated rings. The summed E-state index contributed by atoms with van der Waals surface area (Å²) < 4.78 is 5.18. The van der Waals surface area contributed by atoms with E-state index >= 15 is 0 Å². The molecule has 0 N–H and O–H groups in total. The highest BCUT2D eigenvalue weighted by molar-refractivity contribution is 6.32. The van der Waals surface area contributed by atoms with Crippen LogP contribution in [0.2, 0.25) is 10.2 Å². The van der Waals surface area contributed by atoms with Crippen molar-refractivity contribution in [2.24, 2.45) is 0 Å². The molecule has 1 heterocycles. The molecule has 0 unspecified atom stereocenters. The highest BCUT2D eigenvalue weighted by Crippen LogP contribution is 2.18. The monoisotopic (exact) mass is 309 g/mol. The number of ether oxygens (including phenoxy) is 1. The number of hydrogen-bond acceptors (Lipinski definition) is 3. The van der Waals surface area contributed by atoms with Gasteiger partial charge in [-0.1, -0.05) is 47.5 Å². The standard InChI is InChI=1S/C15H13Cl2NO2/c1-10-4-2-3-5-11(10)8-15(19)20-9-13-12(16)6-7-14(17)18-13/h2-7H,8-9H2,1H3. The number of esters is 1. The van der Waals surface area contributed by atoms with Gasteiger partial charge in [0.2, 0.25) is 0 Å². The molecular formula is C15H13Cl2NO2. The summed E-state index contributed by atoms with van der Waals surface area (Å²) in [6.07, 6.45) is 0.227. The summed E-state index contributed by atoms with van der Waals surface area (Å²) >= 11 is 11.7. The van der Waals surface area contributed by atoms with Crippen molar-refractivity contribution in [1.29, 1.82) is 0 Å². The van der Waals surface area contributed by atoms with Crippen LogP contribution in [0.25, 0.3) is 0 Å². The molecule has 1 aromatic heterocycles. The number of hydrogen-bond donors (Lipinski definition) is 0. The SMILES string of the molecule is Cc1ccccc1CC(=O)OCc1nc(Cl)ccc1Cl. The third kappa shape index (κ3) is 3.95. The molecule has 0 saturated heterocycles. The van der Waals surface area contributed by atoms with Gasteiger partial charge in [0, 0.05) is 0 Å².